The van der Waals surface area contributed by atoms with Crippen molar-refractivity contribution >= 4 is 11.9 Å². The molecule has 1 aliphatic rings. The number of hydrogen-bond acceptors (Lipinski definition) is 4. The van der Waals surface area contributed by atoms with Gasteiger partial charge in [0.25, 0.3) is 0 Å². The van der Waals surface area contributed by atoms with Gasteiger partial charge in [-0.3, -0.25) is 9.59 Å². The molecule has 1 aliphatic carbocycles. The van der Waals surface area contributed by atoms with Gasteiger partial charge in [-0.05, 0) is 12.8 Å². The predicted molar refractivity (Wildman–Crippen MR) is 58.6 cm³/mol. The van der Waals surface area contributed by atoms with Crippen molar-refractivity contribution in [3.8, 4) is 0 Å². The summed E-state index contributed by atoms with van der Waals surface area (Å²) in [5, 5.41) is 0. The lowest BCUT2D eigenvalue weighted by atomic mass is 9.74. The van der Waals surface area contributed by atoms with Crippen LogP contribution in [0.5, 0.6) is 0 Å². The Morgan fingerprint density at radius 1 is 1.19 bits per heavy atom. The molecule has 0 radical (unpaired) electrons. The Kier molecular flexibility index (Phi) is 4.10. The van der Waals surface area contributed by atoms with Gasteiger partial charge < -0.3 is 9.47 Å². The number of hydrogen-bond donors (Lipinski definition) is 0. The first-order valence-electron chi connectivity index (χ1n) is 5.40. The number of allylic oxidation sites excluding steroid dienone is 1. The van der Waals surface area contributed by atoms with Crippen molar-refractivity contribution in [3.05, 3.63) is 12.7 Å². The molecule has 0 N–H and O–H groups in total. The molecule has 0 saturated heterocycles. The quantitative estimate of drug-likeness (QED) is 0.416. The van der Waals surface area contributed by atoms with Crippen LogP contribution in [0.1, 0.15) is 25.7 Å². The molecule has 4 heteroatoms. The van der Waals surface area contributed by atoms with E-state index < -0.39 is 23.3 Å². The number of ether oxygens (including phenoxy) is 2. The lowest BCUT2D eigenvalue weighted by molar-refractivity contribution is -0.163. The monoisotopic (exact) mass is 226 g/mol. The van der Waals surface area contributed by atoms with Crippen molar-refractivity contribution in [2.75, 3.05) is 14.2 Å². The third-order valence-electron chi connectivity index (χ3n) is 3.39. The molecule has 90 valence electrons. The number of carbonyl (C=O) groups excluding carboxylic acids is 2. The minimum absolute atomic E-state index is 0.486. The predicted octanol–water partition coefficient (Wildman–Crippen LogP) is 1.69. The lowest BCUT2D eigenvalue weighted by Crippen LogP contribution is -2.39. The van der Waals surface area contributed by atoms with Gasteiger partial charge >= 0.3 is 11.9 Å². The Balaban J connectivity index is 3.02. The average Bonchev–Trinajstić information content (AvgIpc) is 2.78. The minimum atomic E-state index is -0.873. The largest absolute Gasteiger partial charge is 0.468 e. The van der Waals surface area contributed by atoms with Gasteiger partial charge in [-0.1, -0.05) is 18.9 Å². The first-order valence-corrected chi connectivity index (χ1v) is 5.40. The van der Waals surface area contributed by atoms with Gasteiger partial charge in [-0.2, -0.15) is 0 Å². The minimum Gasteiger partial charge on any atom is -0.468 e. The second-order valence-electron chi connectivity index (χ2n) is 4.12. The first-order chi connectivity index (χ1) is 7.61. The number of esters is 2. The molecule has 1 fully saturated rings. The third kappa shape index (κ3) is 2.10. The van der Waals surface area contributed by atoms with E-state index in [2.05, 4.69) is 16.1 Å². The van der Waals surface area contributed by atoms with Crippen LogP contribution in [-0.2, 0) is 19.1 Å². The molecule has 0 aromatic rings. The van der Waals surface area contributed by atoms with Gasteiger partial charge in [-0.25, -0.2) is 0 Å². The second kappa shape index (κ2) is 5.14. The molecule has 0 unspecified atom stereocenters. The molecular formula is C12H18O4. The summed E-state index contributed by atoms with van der Waals surface area (Å²) in [6, 6.07) is 0. The Hall–Kier alpha value is -1.32. The van der Waals surface area contributed by atoms with E-state index in [-0.39, 0.29) is 0 Å². The molecule has 0 heterocycles. The zero-order chi connectivity index (χ0) is 12.2. The topological polar surface area (TPSA) is 52.6 Å². The van der Waals surface area contributed by atoms with Gasteiger partial charge in [0.05, 0.1) is 14.2 Å². The number of rotatable bonds is 4. The fourth-order valence-electron chi connectivity index (χ4n) is 2.45. The van der Waals surface area contributed by atoms with E-state index in [1.54, 1.807) is 6.08 Å². The molecule has 0 aromatic carbocycles. The van der Waals surface area contributed by atoms with Crippen LogP contribution in [-0.4, -0.2) is 26.2 Å². The molecule has 0 bridgehead atoms. The fraction of sp³-hybridized carbons (Fsp3) is 0.667. The Labute approximate surface area is 95.6 Å². The van der Waals surface area contributed by atoms with Crippen LogP contribution in [0.2, 0.25) is 0 Å². The normalized spacial score (nSPS) is 18.2. The zero-order valence-electron chi connectivity index (χ0n) is 9.82. The smallest absolute Gasteiger partial charge is 0.320 e. The maximum Gasteiger partial charge on any atom is 0.320 e. The van der Waals surface area contributed by atoms with Crippen molar-refractivity contribution in [2.45, 2.75) is 25.7 Å². The molecule has 1 saturated carbocycles. The lowest BCUT2D eigenvalue weighted by Gasteiger charge is -2.30. The summed E-state index contributed by atoms with van der Waals surface area (Å²) in [6.07, 6.45) is 5.27. The summed E-state index contributed by atoms with van der Waals surface area (Å²) >= 11 is 0. The van der Waals surface area contributed by atoms with E-state index in [1.165, 1.54) is 14.2 Å². The van der Waals surface area contributed by atoms with Crippen molar-refractivity contribution in [1.29, 1.82) is 0 Å². The first kappa shape index (κ1) is 12.7. The van der Waals surface area contributed by atoms with Crippen LogP contribution in [0.15, 0.2) is 12.7 Å². The van der Waals surface area contributed by atoms with Crippen molar-refractivity contribution in [3.63, 3.8) is 0 Å². The average molecular weight is 226 g/mol. The summed E-state index contributed by atoms with van der Waals surface area (Å²) in [5.74, 6) is -1.94. The van der Waals surface area contributed by atoms with Crippen molar-refractivity contribution in [1.82, 2.24) is 0 Å². The van der Waals surface area contributed by atoms with Gasteiger partial charge in [0, 0.05) is 5.41 Å². The number of methoxy groups -OCH3 is 2. The summed E-state index contributed by atoms with van der Waals surface area (Å²) in [5.41, 5.74) is -0.486. The highest BCUT2D eigenvalue weighted by atomic mass is 16.5. The SMILES string of the molecule is C=CC1(C(C(=O)OC)C(=O)OC)CCCC1. The fourth-order valence-corrected chi connectivity index (χ4v) is 2.45. The van der Waals surface area contributed by atoms with E-state index in [4.69, 9.17) is 0 Å². The molecule has 16 heavy (non-hydrogen) atoms. The van der Waals surface area contributed by atoms with Gasteiger partial charge in [0.15, 0.2) is 5.92 Å². The molecule has 0 aliphatic heterocycles. The highest BCUT2D eigenvalue weighted by molar-refractivity contribution is 5.96. The number of carbonyl (C=O) groups is 2. The van der Waals surface area contributed by atoms with Crippen LogP contribution in [0.25, 0.3) is 0 Å². The van der Waals surface area contributed by atoms with E-state index in [0.29, 0.717) is 0 Å². The highest BCUT2D eigenvalue weighted by Gasteiger charge is 2.48. The van der Waals surface area contributed by atoms with E-state index in [9.17, 15) is 9.59 Å². The molecular weight excluding hydrogens is 208 g/mol. The van der Waals surface area contributed by atoms with Gasteiger partial charge in [0.2, 0.25) is 0 Å². The van der Waals surface area contributed by atoms with Crippen molar-refractivity contribution in [2.24, 2.45) is 11.3 Å². The van der Waals surface area contributed by atoms with Crippen LogP contribution in [0.3, 0.4) is 0 Å². The van der Waals surface area contributed by atoms with Crippen LogP contribution in [0, 0.1) is 11.3 Å². The van der Waals surface area contributed by atoms with Crippen LogP contribution in [0.4, 0.5) is 0 Å². The Bertz CT molecular complexity index is 273. The molecule has 0 atom stereocenters. The molecule has 0 amide bonds. The Morgan fingerprint density at radius 2 is 1.62 bits per heavy atom. The van der Waals surface area contributed by atoms with Crippen LogP contribution < -0.4 is 0 Å². The van der Waals surface area contributed by atoms with Gasteiger partial charge in [0.1, 0.15) is 0 Å². The standard InChI is InChI=1S/C12H18O4/c1-4-12(7-5-6-8-12)9(10(13)15-2)11(14)16-3/h4,9H,1,5-8H2,2-3H3. The highest BCUT2D eigenvalue weighted by Crippen LogP contribution is 2.46. The van der Waals surface area contributed by atoms with E-state index in [1.807, 2.05) is 0 Å². The summed E-state index contributed by atoms with van der Waals surface area (Å²) in [6.45, 7) is 3.75. The molecule has 0 aromatic heterocycles. The summed E-state index contributed by atoms with van der Waals surface area (Å²) in [4.78, 5) is 23.4. The Morgan fingerprint density at radius 3 is 1.94 bits per heavy atom. The molecule has 4 nitrogen and oxygen atoms in total. The van der Waals surface area contributed by atoms with Crippen LogP contribution >= 0.6 is 0 Å². The summed E-state index contributed by atoms with van der Waals surface area (Å²) < 4.78 is 9.37. The summed E-state index contributed by atoms with van der Waals surface area (Å²) in [7, 11) is 2.56. The van der Waals surface area contributed by atoms with E-state index in [0.717, 1.165) is 25.7 Å². The van der Waals surface area contributed by atoms with Gasteiger partial charge in [-0.15, -0.1) is 6.58 Å². The maximum absolute atomic E-state index is 11.7. The molecule has 0 spiro atoms. The second-order valence-corrected chi connectivity index (χ2v) is 4.12. The van der Waals surface area contributed by atoms with Crippen molar-refractivity contribution < 1.29 is 19.1 Å². The molecule has 1 rings (SSSR count). The third-order valence-corrected chi connectivity index (χ3v) is 3.39. The van der Waals surface area contributed by atoms with E-state index >= 15 is 0 Å². The maximum atomic E-state index is 11.7. The zero-order valence-corrected chi connectivity index (χ0v) is 9.82.